The molecule has 3 atom stereocenters. The fourth-order valence-electron chi connectivity index (χ4n) is 2.10. The number of esters is 1. The van der Waals surface area contributed by atoms with Gasteiger partial charge in [0.2, 0.25) is 5.91 Å². The molecule has 0 aromatic rings. The number of hydrogen-bond acceptors (Lipinski definition) is 4. The summed E-state index contributed by atoms with van der Waals surface area (Å²) in [6.45, 7) is 3.55. The second-order valence-corrected chi connectivity index (χ2v) is 4.63. The van der Waals surface area contributed by atoms with Crippen molar-refractivity contribution in [1.29, 1.82) is 0 Å². The maximum Gasteiger partial charge on any atom is 0.328 e. The molecule has 0 bridgehead atoms. The molecule has 6 heteroatoms. The summed E-state index contributed by atoms with van der Waals surface area (Å²) in [7, 11) is 1.28. The Morgan fingerprint density at radius 3 is 2.39 bits per heavy atom. The van der Waals surface area contributed by atoms with E-state index in [4.69, 9.17) is 5.11 Å². The fraction of sp³-hybridized carbons (Fsp3) is 0.750. The van der Waals surface area contributed by atoms with Gasteiger partial charge in [-0.1, -0.05) is 13.8 Å². The van der Waals surface area contributed by atoms with Gasteiger partial charge in [-0.3, -0.25) is 9.59 Å². The van der Waals surface area contributed by atoms with E-state index >= 15 is 0 Å². The van der Waals surface area contributed by atoms with Crippen molar-refractivity contribution in [2.45, 2.75) is 32.7 Å². The van der Waals surface area contributed by atoms with Gasteiger partial charge in [-0.2, -0.15) is 0 Å². The first kappa shape index (κ1) is 14.5. The highest BCUT2D eigenvalue weighted by atomic mass is 16.5. The van der Waals surface area contributed by atoms with Crippen LogP contribution in [0.5, 0.6) is 0 Å². The van der Waals surface area contributed by atoms with Gasteiger partial charge in [0.25, 0.3) is 0 Å². The molecule has 0 aliphatic carbocycles. The lowest BCUT2D eigenvalue weighted by Crippen LogP contribution is -2.45. The first-order chi connectivity index (χ1) is 8.40. The molecular formula is C12H19NO5. The molecule has 0 aromatic heterocycles. The molecule has 1 saturated heterocycles. The Labute approximate surface area is 106 Å². The zero-order valence-electron chi connectivity index (χ0n) is 10.9. The van der Waals surface area contributed by atoms with E-state index in [9.17, 15) is 14.4 Å². The van der Waals surface area contributed by atoms with Gasteiger partial charge in [0.15, 0.2) is 0 Å². The van der Waals surface area contributed by atoms with Crippen LogP contribution in [-0.4, -0.2) is 47.5 Å². The van der Waals surface area contributed by atoms with E-state index in [1.54, 1.807) is 6.92 Å². The third-order valence-corrected chi connectivity index (χ3v) is 3.54. The van der Waals surface area contributed by atoms with Crippen molar-refractivity contribution in [2.24, 2.45) is 11.8 Å². The second kappa shape index (κ2) is 5.84. The quantitative estimate of drug-likeness (QED) is 0.742. The number of methoxy groups -OCH3 is 1. The molecule has 0 spiro atoms. The Morgan fingerprint density at radius 2 is 1.89 bits per heavy atom. The first-order valence-electron chi connectivity index (χ1n) is 6.01. The molecule has 3 unspecified atom stereocenters. The van der Waals surface area contributed by atoms with Crippen LogP contribution in [0.4, 0.5) is 0 Å². The molecule has 1 rings (SSSR count). The lowest BCUT2D eigenvalue weighted by molar-refractivity contribution is -0.155. The van der Waals surface area contributed by atoms with Crippen molar-refractivity contribution < 1.29 is 24.2 Å². The molecule has 18 heavy (non-hydrogen) atoms. The minimum absolute atomic E-state index is 0.294. The molecule has 0 aromatic carbocycles. The van der Waals surface area contributed by atoms with Crippen molar-refractivity contribution >= 4 is 17.8 Å². The minimum Gasteiger partial charge on any atom is -0.481 e. The molecule has 1 aliphatic rings. The van der Waals surface area contributed by atoms with Gasteiger partial charge < -0.3 is 14.7 Å². The van der Waals surface area contributed by atoms with Crippen molar-refractivity contribution in [3.63, 3.8) is 0 Å². The number of amides is 1. The Balaban J connectivity index is 2.76. The SMILES string of the molecule is COC(=O)C1CCCN1C(=O)C(C)C(C)C(=O)O. The number of carbonyl (C=O) groups is 3. The molecule has 1 heterocycles. The van der Waals surface area contributed by atoms with Crippen LogP contribution in [0.1, 0.15) is 26.7 Å². The fourth-order valence-corrected chi connectivity index (χ4v) is 2.10. The Kier molecular flexibility index (Phi) is 4.69. The summed E-state index contributed by atoms with van der Waals surface area (Å²) < 4.78 is 4.65. The monoisotopic (exact) mass is 257 g/mol. The molecule has 1 aliphatic heterocycles. The average molecular weight is 257 g/mol. The number of hydrogen-bond donors (Lipinski definition) is 1. The molecular weight excluding hydrogens is 238 g/mol. The third-order valence-electron chi connectivity index (χ3n) is 3.54. The highest BCUT2D eigenvalue weighted by Gasteiger charge is 2.38. The van der Waals surface area contributed by atoms with Gasteiger partial charge >= 0.3 is 11.9 Å². The van der Waals surface area contributed by atoms with Gasteiger partial charge in [-0.05, 0) is 12.8 Å². The number of likely N-dealkylation sites (tertiary alicyclic amines) is 1. The van der Waals surface area contributed by atoms with E-state index in [-0.39, 0.29) is 5.91 Å². The van der Waals surface area contributed by atoms with Crippen molar-refractivity contribution in [3.8, 4) is 0 Å². The van der Waals surface area contributed by atoms with Crippen LogP contribution in [0.3, 0.4) is 0 Å². The predicted molar refractivity (Wildman–Crippen MR) is 62.7 cm³/mol. The van der Waals surface area contributed by atoms with Crippen LogP contribution in [-0.2, 0) is 19.1 Å². The number of aliphatic carboxylic acids is 1. The lowest BCUT2D eigenvalue weighted by atomic mass is 9.94. The second-order valence-electron chi connectivity index (χ2n) is 4.63. The van der Waals surface area contributed by atoms with Gasteiger partial charge in [-0.25, -0.2) is 4.79 Å². The zero-order chi connectivity index (χ0) is 13.9. The molecule has 1 N–H and O–H groups in total. The summed E-state index contributed by atoms with van der Waals surface area (Å²) in [6.07, 6.45) is 1.31. The molecule has 1 amide bonds. The Hall–Kier alpha value is -1.59. The smallest absolute Gasteiger partial charge is 0.328 e. The van der Waals surface area contributed by atoms with Gasteiger partial charge in [-0.15, -0.1) is 0 Å². The zero-order valence-corrected chi connectivity index (χ0v) is 10.9. The number of carboxylic acids is 1. The van der Waals surface area contributed by atoms with E-state index in [0.29, 0.717) is 13.0 Å². The summed E-state index contributed by atoms with van der Waals surface area (Å²) in [6, 6.07) is -0.564. The van der Waals surface area contributed by atoms with Crippen LogP contribution < -0.4 is 0 Å². The van der Waals surface area contributed by atoms with Crippen LogP contribution in [0, 0.1) is 11.8 Å². The summed E-state index contributed by atoms with van der Waals surface area (Å²) in [5.74, 6) is -3.15. The topological polar surface area (TPSA) is 83.9 Å². The predicted octanol–water partition coefficient (Wildman–Crippen LogP) is 0.507. The summed E-state index contributed by atoms with van der Waals surface area (Å²) >= 11 is 0. The third kappa shape index (κ3) is 2.80. The maximum atomic E-state index is 12.2. The normalized spacial score (nSPS) is 22.4. The lowest BCUT2D eigenvalue weighted by Gasteiger charge is -2.27. The van der Waals surface area contributed by atoms with Gasteiger partial charge in [0.05, 0.1) is 13.0 Å². The van der Waals surface area contributed by atoms with Crippen LogP contribution in [0.25, 0.3) is 0 Å². The summed E-state index contributed by atoms with van der Waals surface area (Å²) in [5, 5.41) is 8.90. The van der Waals surface area contributed by atoms with Crippen LogP contribution in [0.2, 0.25) is 0 Å². The van der Waals surface area contributed by atoms with Crippen molar-refractivity contribution in [1.82, 2.24) is 4.90 Å². The number of carboxylic acid groups (broad SMARTS) is 1. The largest absolute Gasteiger partial charge is 0.481 e. The minimum atomic E-state index is -1.01. The average Bonchev–Trinajstić information content (AvgIpc) is 2.83. The molecule has 0 radical (unpaired) electrons. The number of carbonyl (C=O) groups excluding carboxylic acids is 2. The van der Waals surface area contributed by atoms with Gasteiger partial charge in [0.1, 0.15) is 6.04 Å². The number of rotatable bonds is 4. The number of nitrogens with zero attached hydrogens (tertiary/aromatic N) is 1. The van der Waals surface area contributed by atoms with Crippen molar-refractivity contribution in [2.75, 3.05) is 13.7 Å². The molecule has 1 fully saturated rings. The van der Waals surface area contributed by atoms with Gasteiger partial charge in [0, 0.05) is 12.5 Å². The van der Waals surface area contributed by atoms with Crippen LogP contribution in [0.15, 0.2) is 0 Å². The van der Waals surface area contributed by atoms with Crippen LogP contribution >= 0.6 is 0 Å². The molecule has 102 valence electrons. The van der Waals surface area contributed by atoms with E-state index in [1.165, 1.54) is 18.9 Å². The Morgan fingerprint density at radius 1 is 1.28 bits per heavy atom. The van der Waals surface area contributed by atoms with E-state index in [0.717, 1.165) is 6.42 Å². The Bertz CT molecular complexity index is 354. The highest BCUT2D eigenvalue weighted by Crippen LogP contribution is 2.23. The van der Waals surface area contributed by atoms with E-state index in [2.05, 4.69) is 4.74 Å². The highest BCUT2D eigenvalue weighted by molar-refractivity contribution is 5.88. The summed E-state index contributed by atoms with van der Waals surface area (Å²) in [4.78, 5) is 36.0. The standard InChI is InChI=1S/C12H19NO5/c1-7(8(2)11(15)16)10(14)13-6-4-5-9(13)12(17)18-3/h7-9H,4-6H2,1-3H3,(H,15,16). The summed E-state index contributed by atoms with van der Waals surface area (Å²) in [5.41, 5.74) is 0. The molecule has 0 saturated carbocycles. The first-order valence-corrected chi connectivity index (χ1v) is 6.01. The molecule has 6 nitrogen and oxygen atoms in total. The van der Waals surface area contributed by atoms with Crippen molar-refractivity contribution in [3.05, 3.63) is 0 Å². The van der Waals surface area contributed by atoms with E-state index < -0.39 is 29.8 Å². The van der Waals surface area contributed by atoms with E-state index in [1.807, 2.05) is 0 Å². The number of ether oxygens (including phenoxy) is 1. The maximum absolute atomic E-state index is 12.2.